The molecule has 1 atom stereocenters. The Bertz CT molecular complexity index is 950. The van der Waals surface area contributed by atoms with Crippen molar-refractivity contribution in [3.8, 4) is 0 Å². The molecule has 1 aliphatic heterocycles. The molecular weight excluding hydrogens is 338 g/mol. The predicted molar refractivity (Wildman–Crippen MR) is 106 cm³/mol. The lowest BCUT2D eigenvalue weighted by Gasteiger charge is -2.40. The molecule has 2 aromatic heterocycles. The van der Waals surface area contributed by atoms with Crippen molar-refractivity contribution in [3.63, 3.8) is 0 Å². The highest BCUT2D eigenvalue weighted by Crippen LogP contribution is 2.27. The lowest BCUT2D eigenvalue weighted by molar-refractivity contribution is 0.0498. The minimum Gasteiger partial charge on any atom is -0.329 e. The van der Waals surface area contributed by atoms with Gasteiger partial charge in [0.15, 0.2) is 5.65 Å². The Morgan fingerprint density at radius 1 is 1.15 bits per heavy atom. The quantitative estimate of drug-likeness (QED) is 0.717. The monoisotopic (exact) mass is 363 g/mol. The number of rotatable bonds is 3. The molecule has 0 spiro atoms. The van der Waals surface area contributed by atoms with Crippen molar-refractivity contribution in [1.82, 2.24) is 24.6 Å². The first-order valence-corrected chi connectivity index (χ1v) is 9.42. The maximum Gasteiger partial charge on any atom is 0.256 e. The van der Waals surface area contributed by atoms with Crippen LogP contribution in [0.3, 0.4) is 0 Å². The van der Waals surface area contributed by atoms with E-state index in [0.717, 1.165) is 24.1 Å². The molecule has 4 rings (SSSR count). The smallest absolute Gasteiger partial charge is 0.256 e. The van der Waals surface area contributed by atoms with Crippen molar-refractivity contribution in [2.45, 2.75) is 25.9 Å². The van der Waals surface area contributed by atoms with E-state index >= 15 is 0 Å². The average molecular weight is 363 g/mol. The number of amides is 1. The van der Waals surface area contributed by atoms with E-state index in [2.05, 4.69) is 48.0 Å². The van der Waals surface area contributed by atoms with Gasteiger partial charge >= 0.3 is 0 Å². The molecule has 3 aromatic rings. The van der Waals surface area contributed by atoms with Crippen LogP contribution in [0, 0.1) is 0 Å². The van der Waals surface area contributed by atoms with E-state index in [0.29, 0.717) is 12.1 Å². The molecule has 140 valence electrons. The van der Waals surface area contributed by atoms with Gasteiger partial charge in [-0.1, -0.05) is 30.3 Å². The number of carbonyl (C=O) groups excluding carboxylic acids is 1. The Morgan fingerprint density at radius 3 is 2.67 bits per heavy atom. The zero-order valence-electron chi connectivity index (χ0n) is 16.0. The number of benzene rings is 1. The SMILES string of the molecule is CC(C)n1ncc2cc(C(=O)N3CCN(C)C[C@@H]3c3ccccc3)cnc21. The summed E-state index contributed by atoms with van der Waals surface area (Å²) in [7, 11) is 2.10. The van der Waals surface area contributed by atoms with Gasteiger partial charge in [-0.2, -0.15) is 5.10 Å². The molecule has 1 saturated heterocycles. The maximum atomic E-state index is 13.3. The highest BCUT2D eigenvalue weighted by atomic mass is 16.2. The van der Waals surface area contributed by atoms with Gasteiger partial charge in [0.2, 0.25) is 0 Å². The number of carbonyl (C=O) groups is 1. The van der Waals surface area contributed by atoms with Crippen molar-refractivity contribution >= 4 is 16.9 Å². The third kappa shape index (κ3) is 3.32. The van der Waals surface area contributed by atoms with Gasteiger partial charge < -0.3 is 9.80 Å². The predicted octanol–water partition coefficient (Wildman–Crippen LogP) is 3.14. The van der Waals surface area contributed by atoms with Crippen LogP contribution >= 0.6 is 0 Å². The van der Waals surface area contributed by atoms with Gasteiger partial charge in [-0.05, 0) is 32.5 Å². The second-order valence-electron chi connectivity index (χ2n) is 7.51. The Morgan fingerprint density at radius 2 is 1.93 bits per heavy atom. The lowest BCUT2D eigenvalue weighted by Crippen LogP contribution is -2.49. The van der Waals surface area contributed by atoms with Crippen molar-refractivity contribution in [1.29, 1.82) is 0 Å². The van der Waals surface area contributed by atoms with Crippen molar-refractivity contribution < 1.29 is 4.79 Å². The minimum atomic E-state index is 0.0312. The molecule has 0 N–H and O–H groups in total. The average Bonchev–Trinajstić information content (AvgIpc) is 3.11. The van der Waals surface area contributed by atoms with Crippen LogP contribution in [0.1, 0.15) is 41.9 Å². The highest BCUT2D eigenvalue weighted by Gasteiger charge is 2.31. The molecule has 3 heterocycles. The summed E-state index contributed by atoms with van der Waals surface area (Å²) < 4.78 is 1.88. The Labute approximate surface area is 159 Å². The summed E-state index contributed by atoms with van der Waals surface area (Å²) in [5.74, 6) is 0.0312. The van der Waals surface area contributed by atoms with Crippen LogP contribution in [-0.2, 0) is 0 Å². The van der Waals surface area contributed by atoms with Gasteiger partial charge in [-0.3, -0.25) is 4.79 Å². The molecule has 1 amide bonds. The van der Waals surface area contributed by atoms with Crippen LogP contribution in [0.4, 0.5) is 0 Å². The summed E-state index contributed by atoms with van der Waals surface area (Å²) in [6, 6.07) is 12.4. The summed E-state index contributed by atoms with van der Waals surface area (Å²) in [6.45, 7) is 6.55. The van der Waals surface area contributed by atoms with E-state index in [1.807, 2.05) is 33.8 Å². The molecule has 0 unspecified atom stereocenters. The Hall–Kier alpha value is -2.73. The molecule has 1 aromatic carbocycles. The second kappa shape index (κ2) is 7.12. The van der Waals surface area contributed by atoms with Crippen LogP contribution in [0.25, 0.3) is 11.0 Å². The molecule has 6 heteroatoms. The molecule has 1 aliphatic rings. The van der Waals surface area contributed by atoms with E-state index in [9.17, 15) is 4.79 Å². The molecule has 27 heavy (non-hydrogen) atoms. The van der Waals surface area contributed by atoms with Gasteiger partial charge in [0.1, 0.15) is 0 Å². The number of fused-ring (bicyclic) bond motifs is 1. The van der Waals surface area contributed by atoms with E-state index < -0.39 is 0 Å². The van der Waals surface area contributed by atoms with E-state index in [1.54, 1.807) is 12.4 Å². The van der Waals surface area contributed by atoms with Gasteiger partial charge in [0.25, 0.3) is 5.91 Å². The van der Waals surface area contributed by atoms with Gasteiger partial charge in [0, 0.05) is 37.3 Å². The molecule has 0 bridgehead atoms. The summed E-state index contributed by atoms with van der Waals surface area (Å²) in [4.78, 5) is 22.1. The summed E-state index contributed by atoms with van der Waals surface area (Å²) in [5, 5.41) is 5.31. The second-order valence-corrected chi connectivity index (χ2v) is 7.51. The van der Waals surface area contributed by atoms with Crippen LogP contribution in [-0.4, -0.2) is 57.2 Å². The first kappa shape index (κ1) is 17.7. The van der Waals surface area contributed by atoms with E-state index in [1.165, 1.54) is 5.56 Å². The number of pyridine rings is 1. The van der Waals surface area contributed by atoms with E-state index in [4.69, 9.17) is 0 Å². The van der Waals surface area contributed by atoms with Crippen LogP contribution < -0.4 is 0 Å². The fraction of sp³-hybridized carbons (Fsp3) is 0.381. The van der Waals surface area contributed by atoms with E-state index in [-0.39, 0.29) is 18.0 Å². The molecule has 0 aliphatic carbocycles. The Kier molecular flexibility index (Phi) is 4.66. The summed E-state index contributed by atoms with van der Waals surface area (Å²) in [5.41, 5.74) is 2.61. The molecule has 0 saturated carbocycles. The van der Waals surface area contributed by atoms with Crippen molar-refractivity contribution in [3.05, 3.63) is 59.9 Å². The maximum absolute atomic E-state index is 13.3. The number of piperazine rings is 1. The van der Waals surface area contributed by atoms with Gasteiger partial charge in [0.05, 0.1) is 17.8 Å². The molecule has 0 radical (unpaired) electrons. The zero-order chi connectivity index (χ0) is 19.0. The molecule has 1 fully saturated rings. The first-order valence-electron chi connectivity index (χ1n) is 9.42. The number of hydrogen-bond acceptors (Lipinski definition) is 4. The zero-order valence-corrected chi connectivity index (χ0v) is 16.0. The molecule has 6 nitrogen and oxygen atoms in total. The number of hydrogen-bond donors (Lipinski definition) is 0. The largest absolute Gasteiger partial charge is 0.329 e. The molecular formula is C21H25N5O. The normalized spacial score (nSPS) is 18.4. The van der Waals surface area contributed by atoms with Crippen LogP contribution in [0.15, 0.2) is 48.8 Å². The fourth-order valence-corrected chi connectivity index (χ4v) is 3.72. The summed E-state index contributed by atoms with van der Waals surface area (Å²) in [6.07, 6.45) is 3.48. The Balaban J connectivity index is 1.67. The third-order valence-corrected chi connectivity index (χ3v) is 5.20. The van der Waals surface area contributed by atoms with Gasteiger partial charge in [-0.15, -0.1) is 0 Å². The van der Waals surface area contributed by atoms with Crippen LogP contribution in [0.2, 0.25) is 0 Å². The number of aromatic nitrogens is 3. The lowest BCUT2D eigenvalue weighted by atomic mass is 10.0. The minimum absolute atomic E-state index is 0.0312. The number of nitrogens with zero attached hydrogens (tertiary/aromatic N) is 5. The third-order valence-electron chi connectivity index (χ3n) is 5.20. The van der Waals surface area contributed by atoms with Gasteiger partial charge in [-0.25, -0.2) is 9.67 Å². The standard InChI is InChI=1S/C21H25N5O/c1-15(2)26-20-17(13-23-26)11-18(12-22-20)21(27)25-10-9-24(3)14-19(25)16-7-5-4-6-8-16/h4-8,11-13,15,19H,9-10,14H2,1-3H3/t19-/m1/s1. The number of likely N-dealkylation sites (N-methyl/N-ethyl adjacent to an activating group) is 1. The highest BCUT2D eigenvalue weighted by molar-refractivity contribution is 5.97. The van der Waals surface area contributed by atoms with Crippen molar-refractivity contribution in [2.24, 2.45) is 0 Å². The van der Waals surface area contributed by atoms with Crippen LogP contribution in [0.5, 0.6) is 0 Å². The topological polar surface area (TPSA) is 54.3 Å². The van der Waals surface area contributed by atoms with Crippen molar-refractivity contribution in [2.75, 3.05) is 26.7 Å². The first-order chi connectivity index (χ1) is 13.0. The summed E-state index contributed by atoms with van der Waals surface area (Å²) >= 11 is 0. The fourth-order valence-electron chi connectivity index (χ4n) is 3.72.